The highest BCUT2D eigenvalue weighted by Crippen LogP contribution is 2.36. The number of aromatic nitrogens is 2. The van der Waals surface area contributed by atoms with E-state index in [1.54, 1.807) is 7.11 Å². The molecule has 0 saturated carbocycles. The molecule has 3 heterocycles. The first-order chi connectivity index (χ1) is 9.47. The van der Waals surface area contributed by atoms with Gasteiger partial charge < -0.3 is 4.74 Å². The monoisotopic (exact) mass is 276 g/mol. The second-order valence-electron chi connectivity index (χ2n) is 6.87. The molecule has 5 nitrogen and oxygen atoms in total. The SMILES string of the molecule is COc1ncc(CN2C3CC2CN(C(C)(C)C)C3)cn1. The smallest absolute Gasteiger partial charge is 0.316 e. The van der Waals surface area contributed by atoms with E-state index in [0.717, 1.165) is 6.54 Å². The van der Waals surface area contributed by atoms with Crippen LogP contribution in [0.15, 0.2) is 12.4 Å². The van der Waals surface area contributed by atoms with Crippen LogP contribution in [0.3, 0.4) is 0 Å². The van der Waals surface area contributed by atoms with Crippen molar-refractivity contribution in [1.29, 1.82) is 0 Å². The molecule has 1 aromatic heterocycles. The van der Waals surface area contributed by atoms with Gasteiger partial charge in [-0.3, -0.25) is 9.80 Å². The van der Waals surface area contributed by atoms with Gasteiger partial charge in [0.1, 0.15) is 0 Å². The third-order valence-corrected chi connectivity index (χ3v) is 4.52. The van der Waals surface area contributed by atoms with E-state index in [1.807, 2.05) is 12.4 Å². The lowest BCUT2D eigenvalue weighted by molar-refractivity contribution is -0.0997. The average molecular weight is 276 g/mol. The molecule has 0 aliphatic carbocycles. The van der Waals surface area contributed by atoms with Gasteiger partial charge in [0.15, 0.2) is 0 Å². The zero-order valence-corrected chi connectivity index (χ0v) is 12.8. The van der Waals surface area contributed by atoms with E-state index >= 15 is 0 Å². The van der Waals surface area contributed by atoms with Crippen LogP contribution in [0.25, 0.3) is 0 Å². The number of piperazine rings is 1. The van der Waals surface area contributed by atoms with Crippen LogP contribution >= 0.6 is 0 Å². The summed E-state index contributed by atoms with van der Waals surface area (Å²) in [6.45, 7) is 10.2. The number of ether oxygens (including phenoxy) is 1. The molecule has 0 amide bonds. The van der Waals surface area contributed by atoms with Gasteiger partial charge in [-0.2, -0.15) is 0 Å². The largest absolute Gasteiger partial charge is 0.467 e. The van der Waals surface area contributed by atoms with E-state index in [-0.39, 0.29) is 5.54 Å². The number of methoxy groups -OCH3 is 1. The number of likely N-dealkylation sites (tertiary alicyclic amines) is 2. The molecule has 3 rings (SSSR count). The summed E-state index contributed by atoms with van der Waals surface area (Å²) in [6, 6.07) is 1.82. The quantitative estimate of drug-likeness (QED) is 0.837. The average Bonchev–Trinajstić information content (AvgIpc) is 2.44. The van der Waals surface area contributed by atoms with Crippen LogP contribution in [0.4, 0.5) is 0 Å². The minimum absolute atomic E-state index is 0.284. The van der Waals surface area contributed by atoms with Crippen LogP contribution in [-0.4, -0.2) is 57.6 Å². The topological polar surface area (TPSA) is 41.5 Å². The molecule has 2 saturated heterocycles. The summed E-state index contributed by atoms with van der Waals surface area (Å²) in [5, 5.41) is 0. The summed E-state index contributed by atoms with van der Waals surface area (Å²) in [4.78, 5) is 13.6. The molecule has 1 aromatic rings. The fraction of sp³-hybridized carbons (Fsp3) is 0.733. The molecule has 0 N–H and O–H groups in total. The Morgan fingerprint density at radius 2 is 1.80 bits per heavy atom. The Morgan fingerprint density at radius 3 is 2.30 bits per heavy atom. The molecule has 2 aliphatic rings. The standard InChI is InChI=1S/C15H24N4O/c1-15(2,3)18-9-12-5-13(10-18)19(12)8-11-6-16-14(20-4)17-7-11/h6-7,12-13H,5,8-10H2,1-4H3. The first-order valence-electron chi connectivity index (χ1n) is 7.33. The molecule has 2 bridgehead atoms. The van der Waals surface area contributed by atoms with Gasteiger partial charge in [0.05, 0.1) is 7.11 Å². The van der Waals surface area contributed by atoms with Crippen molar-refractivity contribution in [2.45, 2.75) is 51.4 Å². The summed E-state index contributed by atoms with van der Waals surface area (Å²) in [5.41, 5.74) is 1.45. The van der Waals surface area contributed by atoms with Crippen LogP contribution < -0.4 is 4.74 Å². The van der Waals surface area contributed by atoms with Crippen LogP contribution in [0, 0.1) is 0 Å². The maximum atomic E-state index is 5.00. The normalized spacial score (nSPS) is 27.2. The van der Waals surface area contributed by atoms with E-state index in [1.165, 1.54) is 25.1 Å². The molecule has 2 aliphatic heterocycles. The summed E-state index contributed by atoms with van der Waals surface area (Å²) in [6.07, 6.45) is 5.09. The van der Waals surface area contributed by atoms with Crippen LogP contribution in [0.1, 0.15) is 32.8 Å². The van der Waals surface area contributed by atoms with Crippen molar-refractivity contribution >= 4 is 0 Å². The molecule has 110 valence electrons. The van der Waals surface area contributed by atoms with Crippen molar-refractivity contribution in [3.8, 4) is 6.01 Å². The Hall–Kier alpha value is -1.20. The Balaban J connectivity index is 1.61. The van der Waals surface area contributed by atoms with Crippen molar-refractivity contribution in [2.75, 3.05) is 20.2 Å². The predicted molar refractivity (Wildman–Crippen MR) is 77.6 cm³/mol. The number of nitrogens with zero attached hydrogens (tertiary/aromatic N) is 4. The van der Waals surface area contributed by atoms with Gasteiger partial charge in [0, 0.05) is 55.2 Å². The number of hydrogen-bond donors (Lipinski definition) is 0. The highest BCUT2D eigenvalue weighted by Gasteiger charge is 2.46. The molecular weight excluding hydrogens is 252 g/mol. The summed E-state index contributed by atoms with van der Waals surface area (Å²) >= 11 is 0. The zero-order chi connectivity index (χ0) is 14.3. The molecule has 20 heavy (non-hydrogen) atoms. The van der Waals surface area contributed by atoms with E-state index in [4.69, 9.17) is 4.74 Å². The van der Waals surface area contributed by atoms with Crippen molar-refractivity contribution in [1.82, 2.24) is 19.8 Å². The van der Waals surface area contributed by atoms with Crippen LogP contribution in [-0.2, 0) is 6.54 Å². The minimum Gasteiger partial charge on any atom is -0.467 e. The lowest BCUT2D eigenvalue weighted by atomic mass is 9.84. The third-order valence-electron chi connectivity index (χ3n) is 4.52. The van der Waals surface area contributed by atoms with E-state index in [9.17, 15) is 0 Å². The maximum absolute atomic E-state index is 5.00. The van der Waals surface area contributed by atoms with E-state index < -0.39 is 0 Å². The highest BCUT2D eigenvalue weighted by molar-refractivity contribution is 5.11. The highest BCUT2D eigenvalue weighted by atomic mass is 16.5. The molecular formula is C15H24N4O. The number of hydrogen-bond acceptors (Lipinski definition) is 5. The van der Waals surface area contributed by atoms with Gasteiger partial charge >= 0.3 is 6.01 Å². The van der Waals surface area contributed by atoms with Crippen LogP contribution in [0.5, 0.6) is 6.01 Å². The fourth-order valence-corrected chi connectivity index (χ4v) is 3.23. The number of piperidine rings is 1. The van der Waals surface area contributed by atoms with E-state index in [0.29, 0.717) is 18.1 Å². The predicted octanol–water partition coefficient (Wildman–Crippen LogP) is 1.54. The summed E-state index contributed by atoms with van der Waals surface area (Å²) < 4.78 is 5.00. The Morgan fingerprint density at radius 1 is 1.20 bits per heavy atom. The van der Waals surface area contributed by atoms with Gasteiger partial charge in [-0.1, -0.05) is 0 Å². The Labute approximate surface area is 121 Å². The second-order valence-corrected chi connectivity index (χ2v) is 6.87. The lowest BCUT2D eigenvalue weighted by Gasteiger charge is -2.59. The second kappa shape index (κ2) is 4.97. The first-order valence-corrected chi connectivity index (χ1v) is 7.33. The van der Waals surface area contributed by atoms with Gasteiger partial charge in [-0.25, -0.2) is 9.97 Å². The lowest BCUT2D eigenvalue weighted by Crippen LogP contribution is -2.70. The summed E-state index contributed by atoms with van der Waals surface area (Å²) in [5.74, 6) is 0. The van der Waals surface area contributed by atoms with Gasteiger partial charge in [-0.05, 0) is 27.2 Å². The maximum Gasteiger partial charge on any atom is 0.316 e. The molecule has 0 radical (unpaired) electrons. The van der Waals surface area contributed by atoms with Crippen molar-refractivity contribution in [3.63, 3.8) is 0 Å². The third kappa shape index (κ3) is 2.52. The molecule has 2 fully saturated rings. The zero-order valence-electron chi connectivity index (χ0n) is 12.8. The van der Waals surface area contributed by atoms with Crippen molar-refractivity contribution in [3.05, 3.63) is 18.0 Å². The molecule has 5 heteroatoms. The fourth-order valence-electron chi connectivity index (χ4n) is 3.23. The summed E-state index contributed by atoms with van der Waals surface area (Å²) in [7, 11) is 1.59. The first kappa shape index (κ1) is 13.8. The number of rotatable bonds is 3. The Kier molecular flexibility index (Phi) is 3.42. The van der Waals surface area contributed by atoms with Crippen molar-refractivity contribution < 1.29 is 4.74 Å². The van der Waals surface area contributed by atoms with Crippen LogP contribution in [0.2, 0.25) is 0 Å². The van der Waals surface area contributed by atoms with Gasteiger partial charge in [0.25, 0.3) is 0 Å². The molecule has 0 spiro atoms. The minimum atomic E-state index is 0.284. The molecule has 2 atom stereocenters. The van der Waals surface area contributed by atoms with E-state index in [2.05, 4.69) is 40.5 Å². The van der Waals surface area contributed by atoms with Gasteiger partial charge in [-0.15, -0.1) is 0 Å². The van der Waals surface area contributed by atoms with Gasteiger partial charge in [0.2, 0.25) is 0 Å². The Bertz CT molecular complexity index is 456. The molecule has 2 unspecified atom stereocenters. The van der Waals surface area contributed by atoms with Crippen molar-refractivity contribution in [2.24, 2.45) is 0 Å². The molecule has 0 aromatic carbocycles. The number of fused-ring (bicyclic) bond motifs is 2.